The van der Waals surface area contributed by atoms with Gasteiger partial charge in [-0.3, -0.25) is 0 Å². The van der Waals surface area contributed by atoms with Gasteiger partial charge in [0.05, 0.1) is 38.8 Å². The number of thiazole rings is 1. The number of likely N-dealkylation sites (N-methyl/N-ethyl adjacent to an activating group) is 1. The van der Waals surface area contributed by atoms with E-state index in [1.54, 1.807) is 0 Å². The number of quaternary nitrogens is 1. The summed E-state index contributed by atoms with van der Waals surface area (Å²) >= 11 is 1.96. The number of likely N-dealkylation sites (tertiary alicyclic amines) is 1. The van der Waals surface area contributed by atoms with Crippen LogP contribution in [0.4, 0.5) is 0 Å². The number of hydrogen-bond donors (Lipinski definition) is 0. The molecular formula is C16H19N2S+. The van der Waals surface area contributed by atoms with Crippen molar-refractivity contribution in [2.45, 2.75) is 18.8 Å². The zero-order valence-corrected chi connectivity index (χ0v) is 12.3. The van der Waals surface area contributed by atoms with Crippen LogP contribution in [0.3, 0.4) is 0 Å². The van der Waals surface area contributed by atoms with Gasteiger partial charge in [-0.05, 0) is 5.56 Å². The Bertz CT molecular complexity index is 642. The van der Waals surface area contributed by atoms with E-state index in [0.29, 0.717) is 5.92 Å². The lowest BCUT2D eigenvalue weighted by molar-refractivity contribution is -0.878. The Morgan fingerprint density at radius 1 is 1.26 bits per heavy atom. The maximum absolute atomic E-state index is 4.99. The fourth-order valence-electron chi connectivity index (χ4n) is 3.44. The van der Waals surface area contributed by atoms with Crippen LogP contribution in [-0.4, -0.2) is 36.7 Å². The Hall–Kier alpha value is -1.19. The third-order valence-corrected chi connectivity index (χ3v) is 5.70. The number of hydrogen-bond acceptors (Lipinski definition) is 2. The molecule has 0 bridgehead atoms. The average molecular weight is 271 g/mol. The van der Waals surface area contributed by atoms with Crippen molar-refractivity contribution >= 4 is 11.3 Å². The molecule has 2 aliphatic rings. The van der Waals surface area contributed by atoms with Gasteiger partial charge in [-0.25, -0.2) is 4.98 Å². The second kappa shape index (κ2) is 3.90. The maximum atomic E-state index is 4.99. The summed E-state index contributed by atoms with van der Waals surface area (Å²) in [5.74, 6) is 0.678. The number of benzene rings is 1. The molecule has 1 aliphatic heterocycles. The van der Waals surface area contributed by atoms with E-state index in [9.17, 15) is 0 Å². The van der Waals surface area contributed by atoms with Gasteiger partial charge >= 0.3 is 0 Å². The third kappa shape index (κ3) is 1.84. The molecule has 1 fully saturated rings. The van der Waals surface area contributed by atoms with Crippen molar-refractivity contribution in [2.75, 3.05) is 27.2 Å². The van der Waals surface area contributed by atoms with E-state index in [0.717, 1.165) is 10.9 Å². The fraction of sp³-hybridized carbons (Fsp3) is 0.438. The van der Waals surface area contributed by atoms with E-state index in [2.05, 4.69) is 38.4 Å². The van der Waals surface area contributed by atoms with Crippen molar-refractivity contribution in [2.24, 2.45) is 0 Å². The van der Waals surface area contributed by atoms with Crippen molar-refractivity contribution < 1.29 is 4.48 Å². The van der Waals surface area contributed by atoms with E-state index < -0.39 is 0 Å². The molecular weight excluding hydrogens is 252 g/mol. The first-order valence-electron chi connectivity index (χ1n) is 7.02. The van der Waals surface area contributed by atoms with E-state index >= 15 is 0 Å². The summed E-state index contributed by atoms with van der Waals surface area (Å²) in [6.45, 7) is 2.53. The molecule has 19 heavy (non-hydrogen) atoms. The Labute approximate surface area is 118 Å². The summed E-state index contributed by atoms with van der Waals surface area (Å²) in [6.07, 6.45) is 2.38. The lowest BCUT2D eigenvalue weighted by Gasteiger charge is -2.22. The molecule has 0 radical (unpaired) electrons. The lowest BCUT2D eigenvalue weighted by atomic mass is 10.1. The number of nitrogens with zero attached hydrogens (tertiary/aromatic N) is 2. The predicted molar refractivity (Wildman–Crippen MR) is 79.6 cm³/mol. The smallest absolute Gasteiger partial charge is 0.102 e. The van der Waals surface area contributed by atoms with Gasteiger partial charge in [0.1, 0.15) is 5.01 Å². The molecule has 1 unspecified atom stereocenters. The molecule has 0 spiro atoms. The van der Waals surface area contributed by atoms with E-state index in [1.807, 2.05) is 11.3 Å². The molecule has 98 valence electrons. The summed E-state index contributed by atoms with van der Waals surface area (Å²) < 4.78 is 1.14. The molecule has 1 atom stereocenters. The Morgan fingerprint density at radius 3 is 2.89 bits per heavy atom. The van der Waals surface area contributed by atoms with Gasteiger partial charge in [-0.1, -0.05) is 24.3 Å². The van der Waals surface area contributed by atoms with E-state index in [4.69, 9.17) is 4.98 Å². The van der Waals surface area contributed by atoms with Crippen LogP contribution in [0.25, 0.3) is 11.3 Å². The molecule has 1 aromatic carbocycles. The first-order chi connectivity index (χ1) is 9.12. The summed E-state index contributed by atoms with van der Waals surface area (Å²) in [7, 11) is 4.66. The molecule has 2 heterocycles. The van der Waals surface area contributed by atoms with Crippen LogP contribution in [-0.2, 0) is 6.42 Å². The van der Waals surface area contributed by atoms with Gasteiger partial charge in [0, 0.05) is 23.3 Å². The molecule has 2 nitrogen and oxygen atoms in total. The summed E-state index contributed by atoms with van der Waals surface area (Å²) in [4.78, 5) is 6.47. The number of rotatable bonds is 1. The Balaban J connectivity index is 1.70. The van der Waals surface area contributed by atoms with Crippen LogP contribution >= 0.6 is 11.3 Å². The zero-order chi connectivity index (χ0) is 13.0. The van der Waals surface area contributed by atoms with Gasteiger partial charge in [0.15, 0.2) is 0 Å². The summed E-state index contributed by atoms with van der Waals surface area (Å²) in [5, 5.41) is 1.38. The van der Waals surface area contributed by atoms with E-state index in [1.165, 1.54) is 46.2 Å². The summed E-state index contributed by atoms with van der Waals surface area (Å²) in [5.41, 5.74) is 4.09. The zero-order valence-electron chi connectivity index (χ0n) is 11.5. The minimum atomic E-state index is 0.678. The lowest BCUT2D eigenvalue weighted by Crippen LogP contribution is -2.36. The molecule has 2 aromatic rings. The van der Waals surface area contributed by atoms with Crippen molar-refractivity contribution in [1.82, 2.24) is 4.98 Å². The Kier molecular flexibility index (Phi) is 2.39. The van der Waals surface area contributed by atoms with E-state index in [-0.39, 0.29) is 0 Å². The largest absolute Gasteiger partial charge is 0.328 e. The third-order valence-electron chi connectivity index (χ3n) is 4.48. The highest BCUT2D eigenvalue weighted by atomic mass is 32.1. The van der Waals surface area contributed by atoms with Gasteiger partial charge in [0.2, 0.25) is 0 Å². The van der Waals surface area contributed by atoms with Crippen LogP contribution in [0.1, 0.15) is 27.8 Å². The molecule has 1 aliphatic carbocycles. The topological polar surface area (TPSA) is 12.9 Å². The molecule has 0 amide bonds. The summed E-state index contributed by atoms with van der Waals surface area (Å²) in [6, 6.07) is 8.72. The minimum Gasteiger partial charge on any atom is -0.328 e. The van der Waals surface area contributed by atoms with Gasteiger partial charge in [-0.15, -0.1) is 11.3 Å². The molecule has 1 aromatic heterocycles. The van der Waals surface area contributed by atoms with Crippen molar-refractivity contribution in [1.29, 1.82) is 0 Å². The highest BCUT2D eigenvalue weighted by Gasteiger charge is 2.35. The van der Waals surface area contributed by atoms with Crippen LogP contribution in [0.2, 0.25) is 0 Å². The number of fused-ring (bicyclic) bond motifs is 3. The Morgan fingerprint density at radius 2 is 2.11 bits per heavy atom. The highest BCUT2D eigenvalue weighted by Crippen LogP contribution is 2.42. The monoisotopic (exact) mass is 271 g/mol. The highest BCUT2D eigenvalue weighted by molar-refractivity contribution is 7.12. The second-order valence-electron chi connectivity index (χ2n) is 6.49. The van der Waals surface area contributed by atoms with Crippen LogP contribution < -0.4 is 0 Å². The maximum Gasteiger partial charge on any atom is 0.102 e. The fourth-order valence-corrected chi connectivity index (χ4v) is 4.67. The average Bonchev–Trinajstić information content (AvgIpc) is 3.00. The van der Waals surface area contributed by atoms with Gasteiger partial charge in [0.25, 0.3) is 0 Å². The van der Waals surface area contributed by atoms with Crippen LogP contribution in [0.5, 0.6) is 0 Å². The predicted octanol–water partition coefficient (Wildman–Crippen LogP) is 3.28. The SMILES string of the molecule is C[N+]1(C)CCC(c2nc3c(s2)Cc2ccccc2-3)C1. The molecule has 1 saturated heterocycles. The minimum absolute atomic E-state index is 0.678. The molecule has 0 saturated carbocycles. The molecule has 3 heteroatoms. The van der Waals surface area contributed by atoms with Crippen LogP contribution in [0.15, 0.2) is 24.3 Å². The molecule has 0 N–H and O–H groups in total. The van der Waals surface area contributed by atoms with Crippen molar-refractivity contribution in [3.63, 3.8) is 0 Å². The van der Waals surface area contributed by atoms with Crippen molar-refractivity contribution in [3.8, 4) is 11.3 Å². The first-order valence-corrected chi connectivity index (χ1v) is 7.84. The van der Waals surface area contributed by atoms with Crippen molar-refractivity contribution in [3.05, 3.63) is 39.7 Å². The first kappa shape index (κ1) is 11.6. The van der Waals surface area contributed by atoms with Gasteiger partial charge < -0.3 is 4.48 Å². The number of aromatic nitrogens is 1. The molecule has 4 rings (SSSR count). The quantitative estimate of drug-likeness (QED) is 0.619. The normalized spacial score (nSPS) is 23.4. The standard InChI is InChI=1S/C16H19N2S/c1-18(2)8-7-12(10-18)16-17-15-13-6-4-3-5-11(13)9-14(15)19-16/h3-6,12H,7-10H2,1-2H3/q+1. The van der Waals surface area contributed by atoms with Gasteiger partial charge in [-0.2, -0.15) is 0 Å². The van der Waals surface area contributed by atoms with Crippen LogP contribution in [0, 0.1) is 0 Å². The second-order valence-corrected chi connectivity index (χ2v) is 7.60.